The number of hydrogen-bond donors (Lipinski definition) is 1. The van der Waals surface area contributed by atoms with Gasteiger partial charge in [-0.3, -0.25) is 4.55 Å². The first-order valence-electron chi connectivity index (χ1n) is 4.79. The van der Waals surface area contributed by atoms with E-state index in [4.69, 9.17) is 39.4 Å². The van der Waals surface area contributed by atoms with Crippen molar-refractivity contribution in [1.82, 2.24) is 0 Å². The number of halogens is 3. The lowest BCUT2D eigenvalue weighted by atomic mass is 9.98. The van der Waals surface area contributed by atoms with E-state index in [0.717, 1.165) is 0 Å². The van der Waals surface area contributed by atoms with Crippen molar-refractivity contribution in [3.63, 3.8) is 0 Å². The lowest BCUT2D eigenvalue weighted by Crippen LogP contribution is -2.14. The van der Waals surface area contributed by atoms with Crippen LogP contribution in [0, 0.1) is 0 Å². The van der Waals surface area contributed by atoms with Crippen LogP contribution in [-0.4, -0.2) is 24.6 Å². The monoisotopic (exact) mass is 316 g/mol. The van der Waals surface area contributed by atoms with Crippen LogP contribution in [0.5, 0.6) is 0 Å². The summed E-state index contributed by atoms with van der Waals surface area (Å²) in [6.45, 7) is 0. The summed E-state index contributed by atoms with van der Waals surface area (Å²) >= 11 is 17.4. The normalized spacial score (nSPS) is 13.6. The minimum Gasteiger partial charge on any atom is -0.286 e. The number of benzene rings is 1. The van der Waals surface area contributed by atoms with Gasteiger partial charge >= 0.3 is 0 Å². The van der Waals surface area contributed by atoms with Gasteiger partial charge in [-0.2, -0.15) is 8.42 Å². The van der Waals surface area contributed by atoms with Crippen molar-refractivity contribution in [1.29, 1.82) is 0 Å². The maximum atomic E-state index is 10.9. The SMILES string of the molecule is O=S(=O)(O)CC(CCCl)c1ccc(Cl)cc1Cl. The average molecular weight is 318 g/mol. The molecule has 3 nitrogen and oxygen atoms in total. The van der Waals surface area contributed by atoms with Gasteiger partial charge in [-0.15, -0.1) is 11.6 Å². The topological polar surface area (TPSA) is 54.4 Å². The molecule has 0 aliphatic heterocycles. The van der Waals surface area contributed by atoms with Crippen molar-refractivity contribution < 1.29 is 13.0 Å². The predicted molar refractivity (Wildman–Crippen MR) is 71.0 cm³/mol. The zero-order valence-electron chi connectivity index (χ0n) is 8.74. The van der Waals surface area contributed by atoms with Gasteiger partial charge in [0.15, 0.2) is 0 Å². The highest BCUT2D eigenvalue weighted by molar-refractivity contribution is 7.85. The first-order valence-corrected chi connectivity index (χ1v) is 7.69. The Morgan fingerprint density at radius 2 is 1.94 bits per heavy atom. The first-order chi connectivity index (χ1) is 7.83. The van der Waals surface area contributed by atoms with E-state index in [9.17, 15) is 8.42 Å². The largest absolute Gasteiger partial charge is 0.286 e. The third-order valence-corrected chi connectivity index (χ3v) is 3.88. The van der Waals surface area contributed by atoms with Crippen LogP contribution < -0.4 is 0 Å². The minimum absolute atomic E-state index is 0.277. The average Bonchev–Trinajstić information content (AvgIpc) is 2.14. The Hall–Kier alpha value is -0.000000000000000111. The highest BCUT2D eigenvalue weighted by Crippen LogP contribution is 2.30. The molecule has 0 amide bonds. The Morgan fingerprint density at radius 1 is 1.29 bits per heavy atom. The third-order valence-electron chi connectivity index (χ3n) is 2.27. The van der Waals surface area contributed by atoms with Gasteiger partial charge < -0.3 is 0 Å². The molecule has 0 aromatic heterocycles. The molecule has 1 rings (SSSR count). The molecule has 0 aliphatic carbocycles. The Bertz CT molecular complexity index is 488. The Balaban J connectivity index is 3.05. The lowest BCUT2D eigenvalue weighted by molar-refractivity contribution is 0.476. The summed E-state index contributed by atoms with van der Waals surface area (Å²) in [5.74, 6) is -0.563. The summed E-state index contributed by atoms with van der Waals surface area (Å²) in [7, 11) is -4.07. The molecular formula is C10H11Cl3O3S. The maximum absolute atomic E-state index is 10.9. The van der Waals surface area contributed by atoms with Gasteiger partial charge in [0.25, 0.3) is 10.1 Å². The quantitative estimate of drug-likeness (QED) is 0.667. The highest BCUT2D eigenvalue weighted by Gasteiger charge is 2.20. The van der Waals surface area contributed by atoms with Crippen molar-refractivity contribution >= 4 is 44.9 Å². The van der Waals surface area contributed by atoms with Gasteiger partial charge in [-0.05, 0) is 24.1 Å². The summed E-state index contributed by atoms with van der Waals surface area (Å²) < 4.78 is 30.7. The van der Waals surface area contributed by atoms with Crippen LogP contribution in [-0.2, 0) is 10.1 Å². The van der Waals surface area contributed by atoms with Gasteiger partial charge in [0, 0.05) is 21.8 Å². The van der Waals surface area contributed by atoms with E-state index in [1.807, 2.05) is 0 Å². The molecule has 0 spiro atoms. The number of alkyl halides is 1. The fourth-order valence-corrected chi connectivity index (χ4v) is 3.23. The first kappa shape index (κ1) is 15.1. The fourth-order valence-electron chi connectivity index (χ4n) is 1.55. The molecule has 0 aliphatic rings. The summed E-state index contributed by atoms with van der Waals surface area (Å²) in [5.41, 5.74) is 0.620. The van der Waals surface area contributed by atoms with Gasteiger partial charge in [0.1, 0.15) is 0 Å². The van der Waals surface area contributed by atoms with E-state index < -0.39 is 21.8 Å². The van der Waals surface area contributed by atoms with Crippen molar-refractivity contribution in [3.05, 3.63) is 33.8 Å². The fraction of sp³-hybridized carbons (Fsp3) is 0.400. The standard InChI is InChI=1S/C10H11Cl3O3S/c11-4-3-7(6-17(14,15)16)9-2-1-8(12)5-10(9)13/h1-2,5,7H,3-4,6H2,(H,14,15,16). The molecule has 1 aromatic carbocycles. The van der Waals surface area contributed by atoms with Gasteiger partial charge in [-0.25, -0.2) is 0 Å². The second-order valence-corrected chi connectivity index (χ2v) is 6.31. The molecule has 0 saturated carbocycles. The Labute approximate surface area is 115 Å². The van der Waals surface area contributed by atoms with E-state index in [1.54, 1.807) is 12.1 Å². The van der Waals surface area contributed by atoms with Gasteiger partial charge in [0.2, 0.25) is 0 Å². The minimum atomic E-state index is -4.07. The van der Waals surface area contributed by atoms with Crippen molar-refractivity contribution in [3.8, 4) is 0 Å². The molecule has 1 aromatic rings. The Morgan fingerprint density at radius 3 is 2.41 bits per heavy atom. The van der Waals surface area contributed by atoms with Crippen molar-refractivity contribution in [2.75, 3.05) is 11.6 Å². The molecule has 1 N–H and O–H groups in total. The molecule has 0 radical (unpaired) electrons. The van der Waals surface area contributed by atoms with Crippen LogP contribution in [0.1, 0.15) is 17.9 Å². The molecular weight excluding hydrogens is 307 g/mol. The molecule has 1 atom stereocenters. The Kier molecular flexibility index (Phi) is 5.54. The summed E-state index contributed by atoms with van der Waals surface area (Å²) in [6.07, 6.45) is 0.405. The van der Waals surface area contributed by atoms with Gasteiger partial charge in [-0.1, -0.05) is 29.3 Å². The zero-order valence-corrected chi connectivity index (χ0v) is 11.8. The molecule has 0 saturated heterocycles. The third kappa shape index (κ3) is 5.02. The maximum Gasteiger partial charge on any atom is 0.265 e. The number of hydrogen-bond acceptors (Lipinski definition) is 2. The molecule has 17 heavy (non-hydrogen) atoms. The predicted octanol–water partition coefficient (Wildman–Crippen LogP) is 3.59. The van der Waals surface area contributed by atoms with E-state index in [0.29, 0.717) is 22.0 Å². The van der Waals surface area contributed by atoms with E-state index >= 15 is 0 Å². The lowest BCUT2D eigenvalue weighted by Gasteiger charge is -2.16. The van der Waals surface area contributed by atoms with E-state index in [-0.39, 0.29) is 5.88 Å². The van der Waals surface area contributed by atoms with E-state index in [2.05, 4.69) is 0 Å². The molecule has 0 fully saturated rings. The van der Waals surface area contributed by atoms with Crippen LogP contribution in [0.3, 0.4) is 0 Å². The summed E-state index contributed by atoms with van der Waals surface area (Å²) in [4.78, 5) is 0. The van der Waals surface area contributed by atoms with Crippen molar-refractivity contribution in [2.45, 2.75) is 12.3 Å². The van der Waals surface area contributed by atoms with E-state index in [1.165, 1.54) is 6.07 Å². The zero-order chi connectivity index (χ0) is 13.1. The highest BCUT2D eigenvalue weighted by atomic mass is 35.5. The summed E-state index contributed by atoms with van der Waals surface area (Å²) in [6, 6.07) is 4.80. The van der Waals surface area contributed by atoms with Gasteiger partial charge in [0.05, 0.1) is 5.75 Å². The van der Waals surface area contributed by atoms with Crippen LogP contribution in [0.2, 0.25) is 10.0 Å². The second kappa shape index (κ2) is 6.25. The molecule has 0 heterocycles. The molecule has 7 heteroatoms. The van der Waals surface area contributed by atoms with Crippen LogP contribution in [0.4, 0.5) is 0 Å². The molecule has 96 valence electrons. The van der Waals surface area contributed by atoms with Crippen LogP contribution in [0.15, 0.2) is 18.2 Å². The second-order valence-electron chi connectivity index (χ2n) is 3.59. The van der Waals surface area contributed by atoms with Crippen molar-refractivity contribution in [2.24, 2.45) is 0 Å². The summed E-state index contributed by atoms with van der Waals surface area (Å²) in [5, 5.41) is 0.839. The number of rotatable bonds is 5. The van der Waals surface area contributed by atoms with Crippen LogP contribution >= 0.6 is 34.8 Å². The van der Waals surface area contributed by atoms with Crippen LogP contribution in [0.25, 0.3) is 0 Å². The smallest absolute Gasteiger partial charge is 0.265 e. The molecule has 1 unspecified atom stereocenters. The molecule has 0 bridgehead atoms.